The van der Waals surface area contributed by atoms with Gasteiger partial charge in [0, 0.05) is 52.1 Å². The fraction of sp³-hybridized carbons (Fsp3) is 0.245. The van der Waals surface area contributed by atoms with Crippen molar-refractivity contribution in [1.82, 2.24) is 0 Å². The van der Waals surface area contributed by atoms with Gasteiger partial charge in [-0.1, -0.05) is 136 Å². The lowest BCUT2D eigenvalue weighted by molar-refractivity contribution is 0.642. The summed E-state index contributed by atoms with van der Waals surface area (Å²) in [5, 5.41) is 0. The van der Waals surface area contributed by atoms with Crippen LogP contribution < -0.4 is 9.80 Å². The van der Waals surface area contributed by atoms with Crippen molar-refractivity contribution < 1.29 is 0 Å². The molecule has 270 valence electrons. The quantitative estimate of drug-likeness (QED) is 0.159. The largest absolute Gasteiger partial charge is 0.338 e. The summed E-state index contributed by atoms with van der Waals surface area (Å²) >= 11 is 0. The molecule has 6 aromatic carbocycles. The Morgan fingerprint density at radius 3 is 1.29 bits per heavy atom. The van der Waals surface area contributed by atoms with E-state index in [1.54, 1.807) is 0 Å². The normalized spacial score (nSPS) is 22.6. The molecule has 55 heavy (non-hydrogen) atoms. The maximum Gasteiger partial charge on any atom is 0.0450 e. The molecule has 2 nitrogen and oxygen atoms in total. The number of anilines is 4. The highest BCUT2D eigenvalue weighted by atomic mass is 15.2. The Kier molecular flexibility index (Phi) is 7.60. The Balaban J connectivity index is 0.838. The second-order valence-corrected chi connectivity index (χ2v) is 17.2. The van der Waals surface area contributed by atoms with E-state index >= 15 is 0 Å². The van der Waals surface area contributed by atoms with Crippen LogP contribution in [0.1, 0.15) is 109 Å². The minimum atomic E-state index is -0.0731. The molecule has 0 saturated heterocycles. The lowest BCUT2D eigenvalue weighted by atomic mass is 9.81. The van der Waals surface area contributed by atoms with Crippen LogP contribution in [0.2, 0.25) is 0 Å². The third-order valence-corrected chi connectivity index (χ3v) is 13.8. The van der Waals surface area contributed by atoms with E-state index in [4.69, 9.17) is 0 Å². The Bertz CT molecular complexity index is 2330. The first kappa shape index (κ1) is 32.8. The zero-order valence-electron chi connectivity index (χ0n) is 32.0. The van der Waals surface area contributed by atoms with Gasteiger partial charge in [-0.2, -0.15) is 0 Å². The van der Waals surface area contributed by atoms with Gasteiger partial charge in [0.2, 0.25) is 0 Å². The summed E-state index contributed by atoms with van der Waals surface area (Å²) in [4.78, 5) is 5.22. The van der Waals surface area contributed by atoms with Crippen molar-refractivity contribution in [2.75, 3.05) is 9.80 Å². The molecule has 3 aliphatic carbocycles. The van der Waals surface area contributed by atoms with Crippen molar-refractivity contribution >= 4 is 47.1 Å². The summed E-state index contributed by atoms with van der Waals surface area (Å²) in [6, 6.07) is 51.6. The molecular formula is C53H48N2. The number of fused-ring (bicyclic) bond motifs is 9. The number of hydrogen-bond acceptors (Lipinski definition) is 2. The monoisotopic (exact) mass is 712 g/mol. The van der Waals surface area contributed by atoms with Crippen LogP contribution in [0, 0.1) is 0 Å². The van der Waals surface area contributed by atoms with E-state index in [1.807, 2.05) is 0 Å². The van der Waals surface area contributed by atoms with Gasteiger partial charge in [-0.05, 0) is 130 Å². The van der Waals surface area contributed by atoms with Crippen molar-refractivity contribution in [1.29, 1.82) is 0 Å². The molecule has 0 N–H and O–H groups in total. The standard InChI is InChI=1S/C53H48N2/c1-53(2)47-33-37(21-19-35-25-29-51-45(31-35)43-15-9-17-49(43)54(51)39-11-5-3-6-12-39)23-27-41(47)42-28-24-38(34-48(42)53)22-20-36-26-30-52-46(32-36)44-16-10-18-50(44)55(52)40-13-7-4-8-14-40/h3-8,11-14,19-34,43-44,49-50H,9-10,15-18H2,1-2H3/b21-19-,22-20-. The van der Waals surface area contributed by atoms with Gasteiger partial charge in [-0.15, -0.1) is 0 Å². The summed E-state index contributed by atoms with van der Waals surface area (Å²) in [6.45, 7) is 4.79. The maximum atomic E-state index is 2.61. The van der Waals surface area contributed by atoms with E-state index in [9.17, 15) is 0 Å². The van der Waals surface area contributed by atoms with E-state index in [2.05, 4.69) is 181 Å². The first-order chi connectivity index (χ1) is 27.0. The molecule has 2 aliphatic heterocycles. The molecule has 5 aliphatic rings. The number of hydrogen-bond donors (Lipinski definition) is 0. The van der Waals surface area contributed by atoms with Gasteiger partial charge in [0.1, 0.15) is 0 Å². The van der Waals surface area contributed by atoms with Gasteiger partial charge < -0.3 is 9.80 Å². The van der Waals surface area contributed by atoms with E-state index in [1.165, 1.54) is 117 Å². The molecule has 2 fully saturated rings. The van der Waals surface area contributed by atoms with Gasteiger partial charge >= 0.3 is 0 Å². The Morgan fingerprint density at radius 1 is 0.455 bits per heavy atom. The molecule has 2 heterocycles. The van der Waals surface area contributed by atoms with Crippen LogP contribution in [0.5, 0.6) is 0 Å². The molecular weight excluding hydrogens is 665 g/mol. The molecule has 0 radical (unpaired) electrons. The molecule has 0 aromatic heterocycles. The first-order valence-corrected chi connectivity index (χ1v) is 20.6. The van der Waals surface area contributed by atoms with Gasteiger partial charge in [0.05, 0.1) is 0 Å². The Morgan fingerprint density at radius 2 is 0.855 bits per heavy atom. The van der Waals surface area contributed by atoms with Crippen LogP contribution in [-0.2, 0) is 5.41 Å². The van der Waals surface area contributed by atoms with Crippen LogP contribution in [0.15, 0.2) is 133 Å². The SMILES string of the molecule is CC1(C)c2cc(/C=C\c3ccc4c(c3)C3CCCC3N4c3ccccc3)ccc2-c2ccc(/C=C\c3ccc4c(c3)C3CCCC3N4c3ccccc3)cc21. The molecule has 4 atom stereocenters. The minimum Gasteiger partial charge on any atom is -0.338 e. The first-order valence-electron chi connectivity index (χ1n) is 20.6. The summed E-state index contributed by atoms with van der Waals surface area (Å²) in [6.07, 6.45) is 17.0. The number of nitrogens with zero attached hydrogens (tertiary/aromatic N) is 2. The van der Waals surface area contributed by atoms with Crippen molar-refractivity contribution in [2.24, 2.45) is 0 Å². The summed E-state index contributed by atoms with van der Waals surface area (Å²) in [5.74, 6) is 1.25. The summed E-state index contributed by atoms with van der Waals surface area (Å²) in [7, 11) is 0. The third-order valence-electron chi connectivity index (χ3n) is 13.8. The van der Waals surface area contributed by atoms with Crippen molar-refractivity contribution in [2.45, 2.75) is 81.7 Å². The molecule has 2 heteroatoms. The van der Waals surface area contributed by atoms with Gasteiger partial charge in [0.25, 0.3) is 0 Å². The molecule has 0 amide bonds. The molecule has 0 spiro atoms. The van der Waals surface area contributed by atoms with E-state index in [0.29, 0.717) is 23.9 Å². The Labute approximate surface area is 326 Å². The van der Waals surface area contributed by atoms with Crippen molar-refractivity contribution in [3.05, 3.63) is 178 Å². The van der Waals surface area contributed by atoms with Crippen molar-refractivity contribution in [3.8, 4) is 11.1 Å². The highest BCUT2D eigenvalue weighted by molar-refractivity contribution is 5.85. The third kappa shape index (κ3) is 5.29. The van der Waals surface area contributed by atoms with Crippen LogP contribution in [0.3, 0.4) is 0 Å². The van der Waals surface area contributed by atoms with Crippen LogP contribution in [0.4, 0.5) is 22.7 Å². The lowest BCUT2D eigenvalue weighted by Crippen LogP contribution is -2.26. The fourth-order valence-corrected chi connectivity index (χ4v) is 11.2. The smallest absolute Gasteiger partial charge is 0.0450 e. The highest BCUT2D eigenvalue weighted by Crippen LogP contribution is 2.54. The fourth-order valence-electron chi connectivity index (χ4n) is 11.2. The van der Waals surface area contributed by atoms with Crippen molar-refractivity contribution in [3.63, 3.8) is 0 Å². The zero-order valence-corrected chi connectivity index (χ0v) is 32.0. The molecule has 4 unspecified atom stereocenters. The average Bonchev–Trinajstić information content (AvgIpc) is 4.04. The van der Waals surface area contributed by atoms with Crippen LogP contribution >= 0.6 is 0 Å². The van der Waals surface area contributed by atoms with Gasteiger partial charge in [-0.3, -0.25) is 0 Å². The predicted molar refractivity (Wildman–Crippen MR) is 233 cm³/mol. The molecule has 2 saturated carbocycles. The molecule has 6 aromatic rings. The second-order valence-electron chi connectivity index (χ2n) is 17.2. The van der Waals surface area contributed by atoms with E-state index < -0.39 is 0 Å². The second kappa shape index (κ2) is 12.7. The summed E-state index contributed by atoms with van der Waals surface area (Å²) < 4.78 is 0. The predicted octanol–water partition coefficient (Wildman–Crippen LogP) is 13.9. The zero-order chi connectivity index (χ0) is 36.7. The van der Waals surface area contributed by atoms with E-state index in [-0.39, 0.29) is 5.41 Å². The van der Waals surface area contributed by atoms with Gasteiger partial charge in [-0.25, -0.2) is 0 Å². The molecule has 0 bridgehead atoms. The van der Waals surface area contributed by atoms with Crippen LogP contribution in [-0.4, -0.2) is 12.1 Å². The van der Waals surface area contributed by atoms with E-state index in [0.717, 1.165) is 0 Å². The average molecular weight is 713 g/mol. The Hall–Kier alpha value is -5.60. The number of benzene rings is 6. The highest BCUT2D eigenvalue weighted by Gasteiger charge is 2.43. The topological polar surface area (TPSA) is 6.48 Å². The van der Waals surface area contributed by atoms with Crippen LogP contribution in [0.25, 0.3) is 35.4 Å². The summed E-state index contributed by atoms with van der Waals surface area (Å²) in [5.41, 5.74) is 19.1. The maximum absolute atomic E-state index is 2.61. The lowest BCUT2D eigenvalue weighted by Gasteiger charge is -2.27. The molecule has 11 rings (SSSR count). The minimum absolute atomic E-state index is 0.0731. The van der Waals surface area contributed by atoms with Gasteiger partial charge in [0.15, 0.2) is 0 Å². The number of para-hydroxylation sites is 2. The number of rotatable bonds is 6.